The molecule has 0 unspecified atom stereocenters. The van der Waals surface area contributed by atoms with Crippen molar-refractivity contribution in [3.05, 3.63) is 16.4 Å². The summed E-state index contributed by atoms with van der Waals surface area (Å²) in [6, 6.07) is 0. The van der Waals surface area contributed by atoms with E-state index in [1.807, 2.05) is 0 Å². The maximum atomic E-state index is 12.4. The van der Waals surface area contributed by atoms with Gasteiger partial charge in [0, 0.05) is 6.54 Å². The summed E-state index contributed by atoms with van der Waals surface area (Å²) in [4.78, 5) is 10.7. The van der Waals surface area contributed by atoms with Crippen molar-refractivity contribution >= 4 is 17.6 Å². The molecule has 0 saturated heterocycles. The topological polar surface area (TPSA) is 55.1 Å². The fourth-order valence-electron chi connectivity index (χ4n) is 1.17. The van der Waals surface area contributed by atoms with Gasteiger partial charge in [0.15, 0.2) is 0 Å². The van der Waals surface area contributed by atoms with Crippen molar-refractivity contribution in [3.8, 4) is 0 Å². The smallest absolute Gasteiger partial charge is 0.341 e. The number of alkyl halides is 2. The fraction of sp³-hybridized carbons (Fsp3) is 0.500. The summed E-state index contributed by atoms with van der Waals surface area (Å²) in [6.07, 6.45) is -2.31. The van der Waals surface area contributed by atoms with Gasteiger partial charge in [-0.05, 0) is 6.42 Å². The molecule has 0 bridgehead atoms. The van der Waals surface area contributed by atoms with Gasteiger partial charge < -0.3 is 5.11 Å². The Hall–Kier alpha value is -1.17. The van der Waals surface area contributed by atoms with Crippen LogP contribution in [0, 0.1) is 0 Å². The highest BCUT2D eigenvalue weighted by Gasteiger charge is 2.27. The number of halogens is 3. The van der Waals surface area contributed by atoms with Crippen LogP contribution >= 0.6 is 11.6 Å². The molecule has 7 heteroatoms. The number of carbonyl (C=O) groups is 1. The number of aromatic carboxylic acids is 1. The minimum atomic E-state index is -2.94. The van der Waals surface area contributed by atoms with Crippen molar-refractivity contribution in [1.82, 2.24) is 9.78 Å². The SMILES string of the molecule is CCCn1nc(C(F)F)c(C(=O)O)c1Cl. The quantitative estimate of drug-likeness (QED) is 0.877. The van der Waals surface area contributed by atoms with E-state index in [9.17, 15) is 13.6 Å². The van der Waals surface area contributed by atoms with Gasteiger partial charge in [0.05, 0.1) is 0 Å². The van der Waals surface area contributed by atoms with Crippen LogP contribution in [0.3, 0.4) is 0 Å². The number of aromatic nitrogens is 2. The van der Waals surface area contributed by atoms with Gasteiger partial charge in [-0.15, -0.1) is 0 Å². The lowest BCUT2D eigenvalue weighted by Gasteiger charge is -1.98. The first-order chi connectivity index (χ1) is 6.99. The second-order valence-corrected chi connectivity index (χ2v) is 3.24. The molecule has 0 atom stereocenters. The van der Waals surface area contributed by atoms with Crippen molar-refractivity contribution in [2.75, 3.05) is 0 Å². The van der Waals surface area contributed by atoms with Crippen molar-refractivity contribution in [3.63, 3.8) is 0 Å². The lowest BCUT2D eigenvalue weighted by Crippen LogP contribution is -2.01. The molecule has 0 radical (unpaired) electrons. The highest BCUT2D eigenvalue weighted by atomic mass is 35.5. The first-order valence-electron chi connectivity index (χ1n) is 4.26. The van der Waals surface area contributed by atoms with Gasteiger partial charge in [0.1, 0.15) is 16.4 Å². The van der Waals surface area contributed by atoms with Crippen LogP contribution in [0.5, 0.6) is 0 Å². The molecule has 0 amide bonds. The highest BCUT2D eigenvalue weighted by molar-refractivity contribution is 6.32. The molecule has 0 aliphatic carbocycles. The Bertz CT molecular complexity index is 379. The molecule has 4 nitrogen and oxygen atoms in total. The zero-order chi connectivity index (χ0) is 11.6. The minimum Gasteiger partial charge on any atom is -0.478 e. The normalized spacial score (nSPS) is 11.0. The maximum Gasteiger partial charge on any atom is 0.341 e. The zero-order valence-electron chi connectivity index (χ0n) is 7.88. The summed E-state index contributed by atoms with van der Waals surface area (Å²) in [6.45, 7) is 2.12. The van der Waals surface area contributed by atoms with Gasteiger partial charge in [-0.2, -0.15) is 5.10 Å². The van der Waals surface area contributed by atoms with Crippen LogP contribution in [0.4, 0.5) is 8.78 Å². The number of aryl methyl sites for hydroxylation is 1. The standard InChI is InChI=1S/C8H9ClF2N2O2/c1-2-3-13-6(9)4(8(14)15)5(12-13)7(10)11/h7H,2-3H2,1H3,(H,14,15). The molecule has 0 aliphatic rings. The van der Waals surface area contributed by atoms with E-state index in [4.69, 9.17) is 16.7 Å². The molecule has 15 heavy (non-hydrogen) atoms. The third-order valence-electron chi connectivity index (χ3n) is 1.77. The van der Waals surface area contributed by atoms with Crippen LogP contribution in [-0.2, 0) is 6.54 Å². The van der Waals surface area contributed by atoms with Gasteiger partial charge in [0.2, 0.25) is 0 Å². The lowest BCUT2D eigenvalue weighted by atomic mass is 10.2. The Balaban J connectivity index is 3.26. The van der Waals surface area contributed by atoms with Crippen molar-refractivity contribution in [2.45, 2.75) is 26.3 Å². The first kappa shape index (κ1) is 11.9. The molecule has 84 valence electrons. The van der Waals surface area contributed by atoms with E-state index >= 15 is 0 Å². The molecule has 0 aromatic carbocycles. The highest BCUT2D eigenvalue weighted by Crippen LogP contribution is 2.27. The van der Waals surface area contributed by atoms with E-state index in [1.54, 1.807) is 6.92 Å². The third-order valence-corrected chi connectivity index (χ3v) is 2.16. The molecule has 1 N–H and O–H groups in total. The van der Waals surface area contributed by atoms with E-state index in [1.165, 1.54) is 0 Å². The first-order valence-corrected chi connectivity index (χ1v) is 4.64. The summed E-state index contributed by atoms with van der Waals surface area (Å²) in [7, 11) is 0. The minimum absolute atomic E-state index is 0.250. The predicted octanol–water partition coefficient (Wildman–Crippen LogP) is 2.58. The van der Waals surface area contributed by atoms with Crippen LogP contribution < -0.4 is 0 Å². The molecule has 1 rings (SSSR count). The van der Waals surface area contributed by atoms with Crippen LogP contribution in [0.25, 0.3) is 0 Å². The molecular weight excluding hydrogens is 230 g/mol. The van der Waals surface area contributed by atoms with E-state index in [0.29, 0.717) is 13.0 Å². The summed E-state index contributed by atoms with van der Waals surface area (Å²) in [5.74, 6) is -1.49. The largest absolute Gasteiger partial charge is 0.478 e. The van der Waals surface area contributed by atoms with Gasteiger partial charge in [-0.1, -0.05) is 18.5 Å². The number of carboxylic acids is 1. The molecule has 1 aromatic rings. The van der Waals surface area contributed by atoms with Gasteiger partial charge in [-0.25, -0.2) is 13.6 Å². The van der Waals surface area contributed by atoms with Gasteiger partial charge >= 0.3 is 5.97 Å². The fourth-order valence-corrected chi connectivity index (χ4v) is 1.47. The third kappa shape index (κ3) is 2.26. The average molecular weight is 239 g/mol. The summed E-state index contributed by atoms with van der Waals surface area (Å²) in [5.41, 5.74) is -1.39. The van der Waals surface area contributed by atoms with E-state index < -0.39 is 23.7 Å². The second-order valence-electron chi connectivity index (χ2n) is 2.88. The molecule has 0 fully saturated rings. The molecule has 0 spiro atoms. The zero-order valence-corrected chi connectivity index (χ0v) is 8.63. The van der Waals surface area contributed by atoms with E-state index in [2.05, 4.69) is 5.10 Å². The van der Waals surface area contributed by atoms with Crippen LogP contribution in [-0.4, -0.2) is 20.9 Å². The Morgan fingerprint density at radius 1 is 1.67 bits per heavy atom. The molecule has 0 saturated carbocycles. The number of hydrogen-bond donors (Lipinski definition) is 1. The van der Waals surface area contributed by atoms with E-state index in [-0.39, 0.29) is 5.15 Å². The maximum absolute atomic E-state index is 12.4. The number of nitrogens with zero attached hydrogens (tertiary/aromatic N) is 2. The van der Waals surface area contributed by atoms with E-state index in [0.717, 1.165) is 4.68 Å². The van der Waals surface area contributed by atoms with Crippen LogP contribution in [0.1, 0.15) is 35.8 Å². The monoisotopic (exact) mass is 238 g/mol. The number of carboxylic acid groups (broad SMARTS) is 1. The Kier molecular flexibility index (Phi) is 3.62. The average Bonchev–Trinajstić information content (AvgIpc) is 2.44. The molecular formula is C8H9ClF2N2O2. The lowest BCUT2D eigenvalue weighted by molar-refractivity contribution is 0.0684. The molecule has 1 aromatic heterocycles. The summed E-state index contributed by atoms with van der Waals surface area (Å²) < 4.78 is 25.9. The van der Waals surface area contributed by atoms with Gasteiger partial charge in [0.25, 0.3) is 6.43 Å². The number of hydrogen-bond acceptors (Lipinski definition) is 2. The molecule has 0 aliphatic heterocycles. The summed E-state index contributed by atoms with van der Waals surface area (Å²) in [5, 5.41) is 11.9. The Morgan fingerprint density at radius 2 is 2.27 bits per heavy atom. The van der Waals surface area contributed by atoms with Crippen molar-refractivity contribution < 1.29 is 18.7 Å². The summed E-state index contributed by atoms with van der Waals surface area (Å²) >= 11 is 5.63. The van der Waals surface area contributed by atoms with Crippen molar-refractivity contribution in [2.24, 2.45) is 0 Å². The van der Waals surface area contributed by atoms with Crippen molar-refractivity contribution in [1.29, 1.82) is 0 Å². The molecule has 1 heterocycles. The Morgan fingerprint density at radius 3 is 2.60 bits per heavy atom. The Labute approximate surface area is 89.5 Å². The van der Waals surface area contributed by atoms with Crippen LogP contribution in [0.2, 0.25) is 5.15 Å². The van der Waals surface area contributed by atoms with Crippen LogP contribution in [0.15, 0.2) is 0 Å². The second kappa shape index (κ2) is 4.57. The van der Waals surface area contributed by atoms with Gasteiger partial charge in [-0.3, -0.25) is 4.68 Å². The predicted molar refractivity (Wildman–Crippen MR) is 49.4 cm³/mol. The number of rotatable bonds is 4.